The largest absolute Gasteiger partial charge is 0.484 e. The van der Waals surface area contributed by atoms with E-state index in [0.717, 1.165) is 29.2 Å². The summed E-state index contributed by atoms with van der Waals surface area (Å²) in [6.07, 6.45) is 2.46. The van der Waals surface area contributed by atoms with Crippen molar-refractivity contribution in [1.29, 1.82) is 0 Å². The second-order valence-electron chi connectivity index (χ2n) is 6.74. The third-order valence-corrected chi connectivity index (χ3v) is 6.30. The van der Waals surface area contributed by atoms with E-state index in [9.17, 15) is 4.79 Å². The summed E-state index contributed by atoms with van der Waals surface area (Å²) in [7, 11) is 0. The fourth-order valence-corrected chi connectivity index (χ4v) is 4.31. The molecular formula is C20H25ClN2O2S. The molecule has 1 amide bonds. The van der Waals surface area contributed by atoms with E-state index >= 15 is 0 Å². The zero-order chi connectivity index (χ0) is 18.5. The molecular weight excluding hydrogens is 368 g/mol. The molecule has 4 nitrogen and oxygen atoms in total. The van der Waals surface area contributed by atoms with Gasteiger partial charge in [0.25, 0.3) is 5.91 Å². The molecule has 0 aliphatic carbocycles. The molecule has 26 heavy (non-hydrogen) atoms. The second-order valence-corrected chi connectivity index (χ2v) is 8.10. The molecule has 0 saturated carbocycles. The van der Waals surface area contributed by atoms with Crippen LogP contribution in [0.25, 0.3) is 0 Å². The molecule has 140 valence electrons. The van der Waals surface area contributed by atoms with Crippen LogP contribution in [0.5, 0.6) is 5.75 Å². The van der Waals surface area contributed by atoms with Crippen molar-refractivity contribution in [1.82, 2.24) is 10.2 Å². The quantitative estimate of drug-likeness (QED) is 0.761. The number of halogens is 1. The average Bonchev–Trinajstić information content (AvgIpc) is 3.32. The number of benzene rings is 1. The van der Waals surface area contributed by atoms with Crippen LogP contribution in [0, 0.1) is 13.8 Å². The number of rotatable bonds is 7. The Morgan fingerprint density at radius 2 is 2.00 bits per heavy atom. The number of nitrogens with one attached hydrogen (secondary N) is 1. The molecule has 1 aliphatic heterocycles. The first-order valence-corrected chi connectivity index (χ1v) is 10.2. The van der Waals surface area contributed by atoms with E-state index in [1.54, 1.807) is 11.3 Å². The summed E-state index contributed by atoms with van der Waals surface area (Å²) in [6.45, 7) is 6.68. The summed E-state index contributed by atoms with van der Waals surface area (Å²) in [5, 5.41) is 5.87. The fourth-order valence-electron chi connectivity index (χ4n) is 3.34. The SMILES string of the molecule is Cc1cc(OCC(=O)NCC(c2cccs2)N2CCCC2)cc(C)c1Cl. The van der Waals surface area contributed by atoms with Gasteiger partial charge in [-0.15, -0.1) is 11.3 Å². The van der Waals surface area contributed by atoms with Crippen LogP contribution in [0.4, 0.5) is 0 Å². The lowest BCUT2D eigenvalue weighted by Gasteiger charge is -2.26. The standard InChI is InChI=1S/C20H25ClN2O2S/c1-14-10-16(11-15(2)20(14)21)25-13-19(24)22-12-17(18-6-5-9-26-18)23-7-3-4-8-23/h5-6,9-11,17H,3-4,7-8,12-13H2,1-2H3,(H,22,24). The monoisotopic (exact) mass is 392 g/mol. The van der Waals surface area contributed by atoms with Gasteiger partial charge in [0, 0.05) is 16.4 Å². The number of ether oxygens (including phenoxy) is 1. The molecule has 2 aromatic rings. The first-order valence-electron chi connectivity index (χ1n) is 8.98. The van der Waals surface area contributed by atoms with E-state index in [-0.39, 0.29) is 18.6 Å². The van der Waals surface area contributed by atoms with Gasteiger partial charge in [-0.05, 0) is 74.5 Å². The summed E-state index contributed by atoms with van der Waals surface area (Å²) in [6, 6.07) is 8.19. The lowest BCUT2D eigenvalue weighted by molar-refractivity contribution is -0.123. The van der Waals surface area contributed by atoms with E-state index in [4.69, 9.17) is 16.3 Å². The molecule has 0 bridgehead atoms. The predicted molar refractivity (Wildman–Crippen MR) is 107 cm³/mol. The summed E-state index contributed by atoms with van der Waals surface area (Å²) in [5.41, 5.74) is 1.91. The molecule has 0 radical (unpaired) electrons. The third kappa shape index (κ3) is 4.78. The molecule has 1 saturated heterocycles. The van der Waals surface area contributed by atoms with Crippen LogP contribution in [0.3, 0.4) is 0 Å². The van der Waals surface area contributed by atoms with Gasteiger partial charge in [-0.1, -0.05) is 17.7 Å². The number of hydrogen-bond acceptors (Lipinski definition) is 4. The Morgan fingerprint density at radius 3 is 2.62 bits per heavy atom. The Balaban J connectivity index is 1.54. The summed E-state index contributed by atoms with van der Waals surface area (Å²) in [5.74, 6) is 0.574. The molecule has 3 rings (SSSR count). The number of likely N-dealkylation sites (tertiary alicyclic amines) is 1. The Morgan fingerprint density at radius 1 is 1.31 bits per heavy atom. The highest BCUT2D eigenvalue weighted by molar-refractivity contribution is 7.10. The molecule has 1 unspecified atom stereocenters. The van der Waals surface area contributed by atoms with E-state index in [1.165, 1.54) is 17.7 Å². The first kappa shape index (κ1) is 19.2. The van der Waals surface area contributed by atoms with Gasteiger partial charge in [-0.2, -0.15) is 0 Å². The minimum Gasteiger partial charge on any atom is -0.484 e. The van der Waals surface area contributed by atoms with Crippen LogP contribution in [0.15, 0.2) is 29.6 Å². The number of carbonyl (C=O) groups is 1. The van der Waals surface area contributed by atoms with Gasteiger partial charge >= 0.3 is 0 Å². The van der Waals surface area contributed by atoms with Crippen LogP contribution in [-0.4, -0.2) is 37.0 Å². The van der Waals surface area contributed by atoms with Crippen molar-refractivity contribution in [3.05, 3.63) is 50.7 Å². The molecule has 1 fully saturated rings. The van der Waals surface area contributed by atoms with Gasteiger partial charge in [0.1, 0.15) is 5.75 Å². The summed E-state index contributed by atoms with van der Waals surface area (Å²) in [4.78, 5) is 16.0. The number of carbonyl (C=O) groups excluding carboxylic acids is 1. The maximum Gasteiger partial charge on any atom is 0.258 e. The zero-order valence-corrected chi connectivity index (χ0v) is 16.8. The van der Waals surface area contributed by atoms with Crippen molar-refractivity contribution in [3.8, 4) is 5.75 Å². The number of amides is 1. The molecule has 1 atom stereocenters. The summed E-state index contributed by atoms with van der Waals surface area (Å²) < 4.78 is 5.65. The van der Waals surface area contributed by atoms with Crippen molar-refractivity contribution in [2.75, 3.05) is 26.2 Å². The minimum absolute atomic E-state index is 0.0116. The highest BCUT2D eigenvalue weighted by Gasteiger charge is 2.24. The molecule has 1 N–H and O–H groups in total. The van der Waals surface area contributed by atoms with Crippen LogP contribution >= 0.6 is 22.9 Å². The Labute approximate surface area is 164 Å². The average molecular weight is 393 g/mol. The van der Waals surface area contributed by atoms with Crippen molar-refractivity contribution >= 4 is 28.8 Å². The van der Waals surface area contributed by atoms with Crippen LogP contribution in [0.1, 0.15) is 34.9 Å². The van der Waals surface area contributed by atoms with E-state index in [0.29, 0.717) is 12.3 Å². The number of nitrogens with zero attached hydrogens (tertiary/aromatic N) is 1. The second kappa shape index (κ2) is 8.89. The fraction of sp³-hybridized carbons (Fsp3) is 0.450. The van der Waals surface area contributed by atoms with Gasteiger partial charge in [0.15, 0.2) is 6.61 Å². The first-order chi connectivity index (χ1) is 12.5. The maximum absolute atomic E-state index is 12.3. The lowest BCUT2D eigenvalue weighted by atomic mass is 10.1. The molecule has 1 aromatic heterocycles. The number of hydrogen-bond donors (Lipinski definition) is 1. The van der Waals surface area contributed by atoms with Gasteiger partial charge in [-0.25, -0.2) is 0 Å². The lowest BCUT2D eigenvalue weighted by Crippen LogP contribution is -2.38. The van der Waals surface area contributed by atoms with Crippen molar-refractivity contribution in [2.45, 2.75) is 32.7 Å². The highest BCUT2D eigenvalue weighted by atomic mass is 35.5. The third-order valence-electron chi connectivity index (χ3n) is 4.73. The maximum atomic E-state index is 12.3. The molecule has 1 aromatic carbocycles. The number of aryl methyl sites for hydroxylation is 2. The van der Waals surface area contributed by atoms with E-state index < -0.39 is 0 Å². The molecule has 0 spiro atoms. The van der Waals surface area contributed by atoms with Crippen molar-refractivity contribution < 1.29 is 9.53 Å². The van der Waals surface area contributed by atoms with Crippen molar-refractivity contribution in [3.63, 3.8) is 0 Å². The van der Waals surface area contributed by atoms with Gasteiger partial charge in [0.2, 0.25) is 0 Å². The Kier molecular flexibility index (Phi) is 6.57. The Hall–Kier alpha value is -1.56. The number of thiophene rings is 1. The van der Waals surface area contributed by atoms with Crippen LogP contribution in [0.2, 0.25) is 5.02 Å². The van der Waals surface area contributed by atoms with Gasteiger partial charge in [0.05, 0.1) is 6.04 Å². The topological polar surface area (TPSA) is 41.6 Å². The Bertz CT molecular complexity index is 719. The summed E-state index contributed by atoms with van der Waals surface area (Å²) >= 11 is 7.92. The minimum atomic E-state index is -0.101. The van der Waals surface area contributed by atoms with Crippen LogP contribution in [-0.2, 0) is 4.79 Å². The normalized spacial score (nSPS) is 15.8. The predicted octanol–water partition coefficient (Wildman–Crippen LogP) is 4.35. The molecule has 1 aliphatic rings. The highest BCUT2D eigenvalue weighted by Crippen LogP contribution is 2.28. The molecule has 6 heteroatoms. The van der Waals surface area contributed by atoms with Gasteiger partial charge < -0.3 is 10.1 Å². The smallest absolute Gasteiger partial charge is 0.258 e. The van der Waals surface area contributed by atoms with Crippen LogP contribution < -0.4 is 10.1 Å². The van der Waals surface area contributed by atoms with Gasteiger partial charge in [-0.3, -0.25) is 9.69 Å². The zero-order valence-electron chi connectivity index (χ0n) is 15.3. The molecule has 2 heterocycles. The van der Waals surface area contributed by atoms with E-state index in [1.807, 2.05) is 26.0 Å². The van der Waals surface area contributed by atoms with E-state index in [2.05, 4.69) is 27.7 Å². The van der Waals surface area contributed by atoms with Crippen molar-refractivity contribution in [2.24, 2.45) is 0 Å².